The summed E-state index contributed by atoms with van der Waals surface area (Å²) in [6.07, 6.45) is 1.66. The van der Waals surface area contributed by atoms with Crippen LogP contribution in [0.4, 0.5) is 9.52 Å². The number of carbonyl (C=O) groups excluding carboxylic acids is 1. The zero-order valence-electron chi connectivity index (χ0n) is 14.5. The number of thiazole rings is 1. The van der Waals surface area contributed by atoms with Crippen LogP contribution in [0.1, 0.15) is 16.2 Å². The number of nitrogens with zero attached hydrogens (tertiary/aromatic N) is 4. The predicted octanol–water partition coefficient (Wildman–Crippen LogP) is 2.55. The minimum absolute atomic E-state index is 0.268. The van der Waals surface area contributed by atoms with E-state index in [4.69, 9.17) is 4.74 Å². The van der Waals surface area contributed by atoms with Crippen LogP contribution in [0.3, 0.4) is 0 Å². The van der Waals surface area contributed by atoms with E-state index in [1.54, 1.807) is 24.4 Å². The molecule has 1 fully saturated rings. The van der Waals surface area contributed by atoms with Crippen molar-refractivity contribution in [3.8, 4) is 5.69 Å². The molecule has 4 rings (SSSR count). The molecule has 0 atom stereocenters. The molecule has 3 heterocycles. The Morgan fingerprint density at radius 2 is 2.00 bits per heavy atom. The summed E-state index contributed by atoms with van der Waals surface area (Å²) < 4.78 is 19.9. The summed E-state index contributed by atoms with van der Waals surface area (Å²) in [4.78, 5) is 19.1. The van der Waals surface area contributed by atoms with Gasteiger partial charge in [0, 0.05) is 31.2 Å². The maximum Gasteiger partial charge on any atom is 0.277 e. The van der Waals surface area contributed by atoms with Crippen LogP contribution in [0.25, 0.3) is 5.69 Å². The smallest absolute Gasteiger partial charge is 0.277 e. The third kappa shape index (κ3) is 4.38. The SMILES string of the molecule is O=C(Nc1nc(CN2CCOCC2)cs1)c1ccn(-c2ccc(F)cc2)n1. The molecule has 27 heavy (non-hydrogen) atoms. The highest BCUT2D eigenvalue weighted by molar-refractivity contribution is 7.13. The van der Waals surface area contributed by atoms with Crippen LogP contribution in [0.15, 0.2) is 41.9 Å². The van der Waals surface area contributed by atoms with Crippen LogP contribution in [0.2, 0.25) is 0 Å². The number of morpholine rings is 1. The molecule has 7 nitrogen and oxygen atoms in total. The fourth-order valence-corrected chi connectivity index (χ4v) is 3.47. The highest BCUT2D eigenvalue weighted by Gasteiger charge is 2.15. The largest absolute Gasteiger partial charge is 0.379 e. The van der Waals surface area contributed by atoms with Gasteiger partial charge >= 0.3 is 0 Å². The lowest BCUT2D eigenvalue weighted by molar-refractivity contribution is 0.0337. The zero-order valence-corrected chi connectivity index (χ0v) is 15.3. The van der Waals surface area contributed by atoms with E-state index in [1.165, 1.54) is 28.2 Å². The Hall–Kier alpha value is -2.62. The third-order valence-electron chi connectivity index (χ3n) is 4.17. The average Bonchev–Trinajstić information content (AvgIpc) is 3.33. The molecular weight excluding hydrogens is 369 g/mol. The van der Waals surface area contributed by atoms with E-state index in [-0.39, 0.29) is 17.4 Å². The molecular formula is C18H18FN5O2S. The molecule has 0 radical (unpaired) electrons. The number of amides is 1. The lowest BCUT2D eigenvalue weighted by Crippen LogP contribution is -2.35. The molecule has 1 amide bonds. The summed E-state index contributed by atoms with van der Waals surface area (Å²) in [6.45, 7) is 4.00. The van der Waals surface area contributed by atoms with Gasteiger partial charge in [0.15, 0.2) is 10.8 Å². The number of halogens is 1. The summed E-state index contributed by atoms with van der Waals surface area (Å²) in [5.74, 6) is -0.649. The second-order valence-electron chi connectivity index (χ2n) is 6.11. The summed E-state index contributed by atoms with van der Waals surface area (Å²) in [7, 11) is 0. The highest BCUT2D eigenvalue weighted by atomic mass is 32.1. The topological polar surface area (TPSA) is 72.3 Å². The van der Waals surface area contributed by atoms with Crippen molar-refractivity contribution in [2.75, 3.05) is 31.6 Å². The first-order valence-electron chi connectivity index (χ1n) is 8.55. The van der Waals surface area contributed by atoms with Crippen molar-refractivity contribution in [1.29, 1.82) is 0 Å². The van der Waals surface area contributed by atoms with Crippen LogP contribution in [-0.4, -0.2) is 51.9 Å². The molecule has 1 saturated heterocycles. The van der Waals surface area contributed by atoms with Crippen molar-refractivity contribution < 1.29 is 13.9 Å². The molecule has 0 aliphatic carbocycles. The van der Waals surface area contributed by atoms with Crippen molar-refractivity contribution in [2.45, 2.75) is 6.54 Å². The maximum absolute atomic E-state index is 13.0. The fourth-order valence-electron chi connectivity index (χ4n) is 2.77. The molecule has 1 aromatic carbocycles. The first-order chi connectivity index (χ1) is 13.2. The number of hydrogen-bond donors (Lipinski definition) is 1. The maximum atomic E-state index is 13.0. The lowest BCUT2D eigenvalue weighted by atomic mass is 10.3. The summed E-state index contributed by atoms with van der Waals surface area (Å²) >= 11 is 1.39. The molecule has 0 saturated carbocycles. The standard InChI is InChI=1S/C18H18FN5O2S/c19-13-1-3-15(4-2-13)24-6-5-16(22-24)17(25)21-18-20-14(12-27-18)11-23-7-9-26-10-8-23/h1-6,12H,7-11H2,(H,20,21,25). The quantitative estimate of drug-likeness (QED) is 0.729. The molecule has 3 aromatic rings. The number of aromatic nitrogens is 3. The Morgan fingerprint density at radius 3 is 2.78 bits per heavy atom. The number of carbonyl (C=O) groups is 1. The molecule has 1 aliphatic heterocycles. The van der Waals surface area contributed by atoms with E-state index in [0.29, 0.717) is 10.8 Å². The van der Waals surface area contributed by atoms with E-state index in [1.807, 2.05) is 5.38 Å². The molecule has 0 bridgehead atoms. The number of rotatable bonds is 5. The number of hydrogen-bond acceptors (Lipinski definition) is 6. The van der Waals surface area contributed by atoms with Crippen molar-refractivity contribution in [2.24, 2.45) is 0 Å². The van der Waals surface area contributed by atoms with Crippen molar-refractivity contribution in [3.63, 3.8) is 0 Å². The van der Waals surface area contributed by atoms with Gasteiger partial charge in [0.05, 0.1) is 24.6 Å². The molecule has 0 unspecified atom stereocenters. The van der Waals surface area contributed by atoms with Crippen molar-refractivity contribution in [3.05, 3.63) is 59.1 Å². The van der Waals surface area contributed by atoms with Gasteiger partial charge in [-0.3, -0.25) is 15.0 Å². The minimum Gasteiger partial charge on any atom is -0.379 e. The molecule has 1 N–H and O–H groups in total. The number of benzene rings is 1. The Balaban J connectivity index is 1.38. The number of nitrogens with one attached hydrogen (secondary N) is 1. The molecule has 0 spiro atoms. The van der Waals surface area contributed by atoms with E-state index < -0.39 is 0 Å². The van der Waals surface area contributed by atoms with Gasteiger partial charge in [0.2, 0.25) is 0 Å². The first-order valence-corrected chi connectivity index (χ1v) is 9.43. The second kappa shape index (κ2) is 7.95. The van der Waals surface area contributed by atoms with Crippen molar-refractivity contribution >= 4 is 22.4 Å². The third-order valence-corrected chi connectivity index (χ3v) is 4.98. The van der Waals surface area contributed by atoms with Gasteiger partial charge in [-0.05, 0) is 30.3 Å². The van der Waals surface area contributed by atoms with Crippen LogP contribution in [0.5, 0.6) is 0 Å². The van der Waals surface area contributed by atoms with E-state index in [0.717, 1.165) is 38.5 Å². The Kier molecular flexibility index (Phi) is 5.23. The van der Waals surface area contributed by atoms with Crippen molar-refractivity contribution in [1.82, 2.24) is 19.7 Å². The normalized spacial score (nSPS) is 15.0. The van der Waals surface area contributed by atoms with Crippen LogP contribution in [-0.2, 0) is 11.3 Å². The van der Waals surface area contributed by atoms with Crippen LogP contribution >= 0.6 is 11.3 Å². The Morgan fingerprint density at radius 1 is 1.22 bits per heavy atom. The van der Waals surface area contributed by atoms with Gasteiger partial charge in [0.1, 0.15) is 5.82 Å². The zero-order chi connectivity index (χ0) is 18.6. The average molecular weight is 387 g/mol. The summed E-state index contributed by atoms with van der Waals surface area (Å²) in [6, 6.07) is 7.51. The fraction of sp³-hybridized carbons (Fsp3) is 0.278. The van der Waals surface area contributed by atoms with E-state index >= 15 is 0 Å². The first kappa shape index (κ1) is 17.8. The minimum atomic E-state index is -0.330. The highest BCUT2D eigenvalue weighted by Crippen LogP contribution is 2.18. The summed E-state index contributed by atoms with van der Waals surface area (Å²) in [5, 5.41) is 9.51. The van der Waals surface area contributed by atoms with Gasteiger partial charge in [-0.15, -0.1) is 11.3 Å². The van der Waals surface area contributed by atoms with Gasteiger partial charge in [0.25, 0.3) is 5.91 Å². The van der Waals surface area contributed by atoms with Gasteiger partial charge in [-0.1, -0.05) is 0 Å². The molecule has 9 heteroatoms. The van der Waals surface area contributed by atoms with Gasteiger partial charge in [-0.25, -0.2) is 14.1 Å². The molecule has 1 aliphatic rings. The van der Waals surface area contributed by atoms with Crippen LogP contribution < -0.4 is 5.32 Å². The van der Waals surface area contributed by atoms with Gasteiger partial charge in [-0.2, -0.15) is 5.10 Å². The lowest BCUT2D eigenvalue weighted by Gasteiger charge is -2.25. The van der Waals surface area contributed by atoms with E-state index in [2.05, 4.69) is 20.3 Å². The van der Waals surface area contributed by atoms with Gasteiger partial charge < -0.3 is 4.74 Å². The Labute approximate surface area is 159 Å². The number of anilines is 1. The van der Waals surface area contributed by atoms with Crippen LogP contribution in [0, 0.1) is 5.82 Å². The molecule has 140 valence electrons. The number of ether oxygens (including phenoxy) is 1. The Bertz CT molecular complexity index is 918. The monoisotopic (exact) mass is 387 g/mol. The predicted molar refractivity (Wildman–Crippen MR) is 99.7 cm³/mol. The summed E-state index contributed by atoms with van der Waals surface area (Å²) in [5.41, 5.74) is 1.87. The molecule has 2 aromatic heterocycles. The van der Waals surface area contributed by atoms with E-state index in [9.17, 15) is 9.18 Å². The second-order valence-corrected chi connectivity index (χ2v) is 6.97.